The molecule has 0 radical (unpaired) electrons. The molecule has 1 heterocycles. The second-order valence-electron chi connectivity index (χ2n) is 9.23. The molecule has 4 rings (SSSR count). The summed E-state index contributed by atoms with van der Waals surface area (Å²) in [5, 5.41) is 0. The molecule has 1 aliphatic heterocycles. The van der Waals surface area contributed by atoms with Crippen LogP contribution in [0.1, 0.15) is 58.9 Å². The number of benzene rings is 1. The van der Waals surface area contributed by atoms with Crippen LogP contribution in [0.4, 0.5) is 0 Å². The van der Waals surface area contributed by atoms with Crippen molar-refractivity contribution < 1.29 is 9.53 Å². The van der Waals surface area contributed by atoms with E-state index in [9.17, 15) is 4.79 Å². The van der Waals surface area contributed by atoms with Gasteiger partial charge >= 0.3 is 5.97 Å². The van der Waals surface area contributed by atoms with Crippen molar-refractivity contribution in [3.05, 3.63) is 35.9 Å². The minimum Gasteiger partial charge on any atom is -0.451 e. The number of aryl methyl sites for hydroxylation is 1. The molecule has 2 fully saturated rings. The zero-order valence-electron chi connectivity index (χ0n) is 15.8. The molecule has 4 atom stereocenters. The lowest BCUT2D eigenvalue weighted by Crippen LogP contribution is -2.54. The van der Waals surface area contributed by atoms with Gasteiger partial charge in [0.25, 0.3) is 0 Å². The molecule has 0 N–H and O–H groups in total. The summed E-state index contributed by atoms with van der Waals surface area (Å²) in [4.78, 5) is 17.8. The Labute approximate surface area is 150 Å². The summed E-state index contributed by atoms with van der Waals surface area (Å²) in [6.45, 7) is 8.70. The number of fused-ring (bicyclic) bond motifs is 2. The first-order chi connectivity index (χ1) is 11.7. The van der Waals surface area contributed by atoms with Crippen LogP contribution in [0.2, 0.25) is 0 Å². The summed E-state index contributed by atoms with van der Waals surface area (Å²) in [5.41, 5.74) is 1.63. The van der Waals surface area contributed by atoms with Crippen LogP contribution in [0.5, 0.6) is 0 Å². The summed E-state index contributed by atoms with van der Waals surface area (Å²) < 4.78 is 6.02. The van der Waals surface area contributed by atoms with Crippen LogP contribution in [-0.2, 0) is 16.0 Å². The van der Waals surface area contributed by atoms with Gasteiger partial charge in [-0.1, -0.05) is 44.2 Å². The fraction of sp³-hybridized carbons (Fsp3) is 0.636. The molecule has 25 heavy (non-hydrogen) atoms. The lowest BCUT2D eigenvalue weighted by molar-refractivity contribution is -0.162. The Balaban J connectivity index is 1.49. The molecule has 0 unspecified atom stereocenters. The number of hydrogen-bond donors (Lipinski definition) is 0. The van der Waals surface area contributed by atoms with E-state index < -0.39 is 11.1 Å². The molecule has 0 bridgehead atoms. The van der Waals surface area contributed by atoms with Crippen molar-refractivity contribution in [2.24, 2.45) is 22.2 Å². The van der Waals surface area contributed by atoms with Crippen LogP contribution in [0.3, 0.4) is 0 Å². The first kappa shape index (κ1) is 16.8. The Morgan fingerprint density at radius 3 is 2.56 bits per heavy atom. The van der Waals surface area contributed by atoms with Gasteiger partial charge in [-0.3, -0.25) is 4.99 Å². The Morgan fingerprint density at radius 2 is 1.84 bits per heavy atom. The highest BCUT2D eigenvalue weighted by atomic mass is 16.6. The summed E-state index contributed by atoms with van der Waals surface area (Å²) >= 11 is 0. The molecule has 0 saturated heterocycles. The minimum atomic E-state index is -0.713. The zero-order chi connectivity index (χ0) is 17.9. The molecular formula is C22H29NO2. The number of carbonyl (C=O) groups is 1. The second-order valence-corrected chi connectivity index (χ2v) is 9.23. The molecule has 0 amide bonds. The molecular weight excluding hydrogens is 310 g/mol. The van der Waals surface area contributed by atoms with Gasteiger partial charge < -0.3 is 4.74 Å². The van der Waals surface area contributed by atoms with Crippen molar-refractivity contribution >= 4 is 11.7 Å². The zero-order valence-corrected chi connectivity index (χ0v) is 15.8. The Hall–Kier alpha value is -1.64. The molecule has 3 heteroatoms. The van der Waals surface area contributed by atoms with Gasteiger partial charge in [0.2, 0.25) is 0 Å². The van der Waals surface area contributed by atoms with Crippen LogP contribution < -0.4 is 0 Å². The van der Waals surface area contributed by atoms with E-state index >= 15 is 0 Å². The number of aliphatic imine (C=N–C) groups is 1. The van der Waals surface area contributed by atoms with Crippen molar-refractivity contribution in [3.8, 4) is 0 Å². The third-order valence-electron chi connectivity index (χ3n) is 7.03. The molecule has 0 aromatic heterocycles. The Morgan fingerprint density at radius 1 is 1.12 bits per heavy atom. The average molecular weight is 339 g/mol. The fourth-order valence-corrected chi connectivity index (χ4v) is 4.99. The predicted octanol–water partition coefficient (Wildman–Crippen LogP) is 4.59. The van der Waals surface area contributed by atoms with Crippen molar-refractivity contribution in [1.82, 2.24) is 0 Å². The van der Waals surface area contributed by atoms with Crippen molar-refractivity contribution in [1.29, 1.82) is 0 Å². The molecule has 134 valence electrons. The van der Waals surface area contributed by atoms with E-state index in [2.05, 4.69) is 45.0 Å². The van der Waals surface area contributed by atoms with Crippen LogP contribution in [-0.4, -0.2) is 22.8 Å². The maximum absolute atomic E-state index is 12.8. The first-order valence-electron chi connectivity index (χ1n) is 9.61. The highest BCUT2D eigenvalue weighted by Crippen LogP contribution is 2.66. The van der Waals surface area contributed by atoms with Gasteiger partial charge in [0.1, 0.15) is 5.60 Å². The molecule has 3 aliphatic rings. The summed E-state index contributed by atoms with van der Waals surface area (Å²) in [7, 11) is 0. The van der Waals surface area contributed by atoms with Crippen LogP contribution in [0.25, 0.3) is 0 Å². The standard InChI is InChI=1S/C22H29NO2/c1-20(2)16-13-18-22(4,14-17(16)20)25-19(24)21(3,23-18)12-8-11-15-9-6-5-7-10-15/h5-7,9-10,16-17H,8,11-14H2,1-4H3/t16-,17+,21+,22+/m1/s1. The average Bonchev–Trinajstić information content (AvgIpc) is 3.07. The van der Waals surface area contributed by atoms with Crippen LogP contribution in [0.15, 0.2) is 35.3 Å². The molecule has 1 aromatic rings. The highest BCUT2D eigenvalue weighted by molar-refractivity contribution is 6.01. The topological polar surface area (TPSA) is 38.7 Å². The van der Waals surface area contributed by atoms with Gasteiger partial charge in [0, 0.05) is 0 Å². The largest absolute Gasteiger partial charge is 0.451 e. The van der Waals surface area contributed by atoms with Gasteiger partial charge in [0.05, 0.1) is 5.71 Å². The van der Waals surface area contributed by atoms with Gasteiger partial charge in [-0.05, 0) is 68.8 Å². The van der Waals surface area contributed by atoms with Gasteiger partial charge in [-0.15, -0.1) is 0 Å². The van der Waals surface area contributed by atoms with E-state index in [4.69, 9.17) is 9.73 Å². The summed E-state index contributed by atoms with van der Waals surface area (Å²) in [6, 6.07) is 10.4. The number of hydrogen-bond acceptors (Lipinski definition) is 3. The third-order valence-corrected chi connectivity index (χ3v) is 7.03. The minimum absolute atomic E-state index is 0.135. The number of nitrogens with zero attached hydrogens (tertiary/aromatic N) is 1. The fourth-order valence-electron chi connectivity index (χ4n) is 4.99. The van der Waals surface area contributed by atoms with Crippen molar-refractivity contribution in [2.45, 2.75) is 70.9 Å². The first-order valence-corrected chi connectivity index (χ1v) is 9.61. The number of ether oxygens (including phenoxy) is 1. The SMILES string of the molecule is CC1(C)[C@@H]2CC3=N[C@@](C)(CCCc4ccccc4)C(=O)O[C@@]3(C)C[C@@H]21. The second kappa shape index (κ2) is 5.43. The smallest absolute Gasteiger partial charge is 0.334 e. The van der Waals surface area contributed by atoms with E-state index in [0.717, 1.165) is 37.8 Å². The van der Waals surface area contributed by atoms with E-state index in [-0.39, 0.29) is 5.97 Å². The number of rotatable bonds is 4. The predicted molar refractivity (Wildman–Crippen MR) is 99.7 cm³/mol. The quantitative estimate of drug-likeness (QED) is 0.753. The van der Waals surface area contributed by atoms with Crippen molar-refractivity contribution in [2.75, 3.05) is 0 Å². The Bertz CT molecular complexity index is 723. The van der Waals surface area contributed by atoms with Gasteiger partial charge in [-0.25, -0.2) is 4.79 Å². The van der Waals surface area contributed by atoms with E-state index in [1.807, 2.05) is 13.0 Å². The Kier molecular flexibility index (Phi) is 3.65. The molecule has 0 spiro atoms. The lowest BCUT2D eigenvalue weighted by Gasteiger charge is -2.42. The third kappa shape index (κ3) is 2.72. The van der Waals surface area contributed by atoms with Crippen LogP contribution >= 0.6 is 0 Å². The summed E-state index contributed by atoms with van der Waals surface area (Å²) in [6.07, 6.45) is 4.60. The van der Waals surface area contributed by atoms with E-state index in [0.29, 0.717) is 17.3 Å². The number of carbonyl (C=O) groups excluding carboxylic acids is 1. The van der Waals surface area contributed by atoms with Gasteiger partial charge in [-0.2, -0.15) is 0 Å². The molecule has 1 aromatic carbocycles. The van der Waals surface area contributed by atoms with Crippen molar-refractivity contribution in [3.63, 3.8) is 0 Å². The maximum Gasteiger partial charge on any atom is 0.334 e. The van der Waals surface area contributed by atoms with E-state index in [1.165, 1.54) is 5.56 Å². The number of esters is 1. The molecule has 3 nitrogen and oxygen atoms in total. The van der Waals surface area contributed by atoms with E-state index in [1.54, 1.807) is 0 Å². The van der Waals surface area contributed by atoms with Gasteiger partial charge in [0.15, 0.2) is 5.54 Å². The summed E-state index contributed by atoms with van der Waals surface area (Å²) in [5.74, 6) is 1.25. The molecule has 2 aliphatic carbocycles. The highest BCUT2D eigenvalue weighted by Gasteiger charge is 2.65. The lowest BCUT2D eigenvalue weighted by atomic mass is 9.81. The normalized spacial score (nSPS) is 38.2. The van der Waals surface area contributed by atoms with Crippen LogP contribution in [0, 0.1) is 17.3 Å². The molecule has 2 saturated carbocycles. The maximum atomic E-state index is 12.8. The monoisotopic (exact) mass is 339 g/mol.